The van der Waals surface area contributed by atoms with Crippen LogP contribution in [-0.2, 0) is 16.0 Å². The Balaban J connectivity index is 1.76. The van der Waals surface area contributed by atoms with Crippen LogP contribution in [0.1, 0.15) is 47.9 Å². The van der Waals surface area contributed by atoms with Crippen molar-refractivity contribution in [3.05, 3.63) is 77.6 Å². The van der Waals surface area contributed by atoms with Gasteiger partial charge in [0.15, 0.2) is 0 Å². The number of ether oxygens (including phenoxy) is 1. The number of benzene rings is 2. The zero-order valence-corrected chi connectivity index (χ0v) is 18.0. The van der Waals surface area contributed by atoms with E-state index in [1.165, 1.54) is 0 Å². The fourth-order valence-electron chi connectivity index (χ4n) is 3.33. The number of amides is 1. The third-order valence-corrected chi connectivity index (χ3v) is 4.98. The van der Waals surface area contributed by atoms with Gasteiger partial charge in [-0.2, -0.15) is 0 Å². The molecule has 0 saturated heterocycles. The van der Waals surface area contributed by atoms with E-state index < -0.39 is 0 Å². The molecule has 1 amide bonds. The number of rotatable bonds is 10. The quantitative estimate of drug-likeness (QED) is 0.480. The third-order valence-electron chi connectivity index (χ3n) is 4.98. The van der Waals surface area contributed by atoms with Crippen LogP contribution in [0.15, 0.2) is 65.2 Å². The smallest absolute Gasteiger partial charge is 0.305 e. The summed E-state index contributed by atoms with van der Waals surface area (Å²) >= 11 is 0. The van der Waals surface area contributed by atoms with Crippen molar-refractivity contribution < 1.29 is 18.8 Å². The number of nitrogens with zero attached hydrogens (tertiary/aromatic N) is 1. The third kappa shape index (κ3) is 6.28. The topological polar surface area (TPSA) is 81.4 Å². The van der Waals surface area contributed by atoms with E-state index in [4.69, 9.17) is 9.26 Å². The van der Waals surface area contributed by atoms with Gasteiger partial charge in [0.05, 0.1) is 6.04 Å². The minimum atomic E-state index is -0.376. The zero-order valence-electron chi connectivity index (χ0n) is 18.0. The van der Waals surface area contributed by atoms with E-state index in [-0.39, 0.29) is 24.5 Å². The minimum absolute atomic E-state index is 0.105. The maximum atomic E-state index is 13.2. The van der Waals surface area contributed by atoms with Gasteiger partial charge in [0.1, 0.15) is 23.6 Å². The second-order valence-electron chi connectivity index (χ2n) is 7.48. The molecule has 6 nitrogen and oxygen atoms in total. The van der Waals surface area contributed by atoms with Crippen LogP contribution in [0.4, 0.5) is 0 Å². The van der Waals surface area contributed by atoms with Crippen LogP contribution in [0, 0.1) is 6.92 Å². The number of unbranched alkanes of at least 4 members (excludes halogenated alkanes) is 1. The fraction of sp³-hybridized carbons (Fsp3) is 0.320. The molecule has 1 atom stereocenters. The van der Waals surface area contributed by atoms with Gasteiger partial charge in [0.2, 0.25) is 0 Å². The molecule has 3 rings (SSSR count). The van der Waals surface area contributed by atoms with Crippen molar-refractivity contribution in [2.24, 2.45) is 0 Å². The number of carbonyl (C=O) groups excluding carboxylic acids is 2. The average Bonchev–Trinajstić information content (AvgIpc) is 3.18. The molecule has 162 valence electrons. The molecule has 0 fully saturated rings. The van der Waals surface area contributed by atoms with E-state index in [1.54, 1.807) is 6.92 Å². The van der Waals surface area contributed by atoms with Crippen molar-refractivity contribution in [3.8, 4) is 11.3 Å². The lowest BCUT2D eigenvalue weighted by atomic mass is 10.0. The molecular weight excluding hydrogens is 392 g/mol. The Morgan fingerprint density at radius 1 is 1.06 bits per heavy atom. The fourth-order valence-corrected chi connectivity index (χ4v) is 3.33. The van der Waals surface area contributed by atoms with E-state index in [0.717, 1.165) is 24.0 Å². The standard InChI is InChI=1S/C25H28N2O4/c1-3-4-15-22(28)30-17-21(16-19-11-7-5-8-12-19)26-25(29)23-18(2)31-27-24(23)20-13-9-6-10-14-20/h5-14,21H,3-4,15-17H2,1-2H3,(H,26,29)/t21-/m0/s1. The second kappa shape index (κ2) is 11.1. The van der Waals surface area contributed by atoms with Gasteiger partial charge >= 0.3 is 5.97 Å². The number of aromatic nitrogens is 1. The first-order valence-corrected chi connectivity index (χ1v) is 10.6. The number of carbonyl (C=O) groups is 2. The first-order chi connectivity index (χ1) is 15.1. The van der Waals surface area contributed by atoms with Gasteiger partial charge < -0.3 is 14.6 Å². The highest BCUT2D eigenvalue weighted by atomic mass is 16.5. The van der Waals surface area contributed by atoms with E-state index in [2.05, 4.69) is 10.5 Å². The summed E-state index contributed by atoms with van der Waals surface area (Å²) in [5, 5.41) is 7.10. The number of aryl methyl sites for hydroxylation is 1. The maximum absolute atomic E-state index is 13.2. The Labute approximate surface area is 182 Å². The van der Waals surface area contributed by atoms with Crippen molar-refractivity contribution >= 4 is 11.9 Å². The molecule has 2 aromatic carbocycles. The van der Waals surface area contributed by atoms with Crippen LogP contribution in [0.3, 0.4) is 0 Å². The van der Waals surface area contributed by atoms with Gasteiger partial charge in [-0.1, -0.05) is 79.2 Å². The molecule has 0 aliphatic heterocycles. The minimum Gasteiger partial charge on any atom is -0.463 e. The predicted octanol–water partition coefficient (Wildman–Crippen LogP) is 4.72. The van der Waals surface area contributed by atoms with E-state index in [1.807, 2.05) is 67.6 Å². The van der Waals surface area contributed by atoms with Gasteiger partial charge in [0.25, 0.3) is 5.91 Å². The molecule has 0 radical (unpaired) electrons. The Morgan fingerprint density at radius 2 is 1.74 bits per heavy atom. The van der Waals surface area contributed by atoms with Crippen molar-refractivity contribution in [1.29, 1.82) is 0 Å². The highest BCUT2D eigenvalue weighted by molar-refractivity contribution is 6.01. The SMILES string of the molecule is CCCCC(=O)OC[C@H](Cc1ccccc1)NC(=O)c1c(-c2ccccc2)noc1C. The molecule has 0 saturated carbocycles. The van der Waals surface area contributed by atoms with E-state index >= 15 is 0 Å². The number of hydrogen-bond acceptors (Lipinski definition) is 5. The molecular formula is C25H28N2O4. The highest BCUT2D eigenvalue weighted by Gasteiger charge is 2.24. The van der Waals surface area contributed by atoms with E-state index in [0.29, 0.717) is 29.9 Å². The Morgan fingerprint density at radius 3 is 2.42 bits per heavy atom. The summed E-state index contributed by atoms with van der Waals surface area (Å²) in [6, 6.07) is 18.8. The predicted molar refractivity (Wildman–Crippen MR) is 119 cm³/mol. The molecule has 31 heavy (non-hydrogen) atoms. The molecule has 0 aliphatic carbocycles. The van der Waals surface area contributed by atoms with Gasteiger partial charge in [-0.3, -0.25) is 9.59 Å². The summed E-state index contributed by atoms with van der Waals surface area (Å²) in [6.07, 6.45) is 2.63. The van der Waals surface area contributed by atoms with Gasteiger partial charge in [0, 0.05) is 12.0 Å². The molecule has 0 bridgehead atoms. The Hall–Kier alpha value is -3.41. The van der Waals surface area contributed by atoms with Crippen LogP contribution >= 0.6 is 0 Å². The summed E-state index contributed by atoms with van der Waals surface area (Å²) in [5.41, 5.74) is 2.73. The molecule has 0 aliphatic rings. The lowest BCUT2D eigenvalue weighted by Crippen LogP contribution is -2.40. The van der Waals surface area contributed by atoms with Gasteiger partial charge in [-0.05, 0) is 25.3 Å². The van der Waals surface area contributed by atoms with Crippen molar-refractivity contribution in [2.45, 2.75) is 45.6 Å². The van der Waals surface area contributed by atoms with Crippen LogP contribution in [0.2, 0.25) is 0 Å². The zero-order chi connectivity index (χ0) is 22.1. The molecule has 6 heteroatoms. The van der Waals surface area contributed by atoms with Crippen LogP contribution in [-0.4, -0.2) is 29.7 Å². The largest absolute Gasteiger partial charge is 0.463 e. The molecule has 0 spiro atoms. The number of esters is 1. The van der Waals surface area contributed by atoms with Gasteiger partial charge in [-0.15, -0.1) is 0 Å². The molecule has 1 N–H and O–H groups in total. The summed E-state index contributed by atoms with van der Waals surface area (Å²) in [4.78, 5) is 25.2. The lowest BCUT2D eigenvalue weighted by molar-refractivity contribution is -0.144. The van der Waals surface area contributed by atoms with Crippen molar-refractivity contribution in [1.82, 2.24) is 10.5 Å². The molecule has 1 heterocycles. The number of hydrogen-bond donors (Lipinski definition) is 1. The first-order valence-electron chi connectivity index (χ1n) is 10.6. The summed E-state index contributed by atoms with van der Waals surface area (Å²) < 4.78 is 10.8. The highest BCUT2D eigenvalue weighted by Crippen LogP contribution is 2.25. The Kier molecular flexibility index (Phi) is 7.98. The summed E-state index contributed by atoms with van der Waals surface area (Å²) in [5.74, 6) is -0.113. The van der Waals surface area contributed by atoms with Crippen LogP contribution in [0.5, 0.6) is 0 Å². The van der Waals surface area contributed by atoms with Gasteiger partial charge in [-0.25, -0.2) is 0 Å². The average molecular weight is 421 g/mol. The summed E-state index contributed by atoms with van der Waals surface area (Å²) in [7, 11) is 0. The van der Waals surface area contributed by atoms with Crippen molar-refractivity contribution in [3.63, 3.8) is 0 Å². The van der Waals surface area contributed by atoms with Crippen molar-refractivity contribution in [2.75, 3.05) is 6.61 Å². The number of nitrogens with one attached hydrogen (secondary N) is 1. The first kappa shape index (κ1) is 22.3. The van der Waals surface area contributed by atoms with Crippen LogP contribution in [0.25, 0.3) is 11.3 Å². The summed E-state index contributed by atoms with van der Waals surface area (Å²) in [6.45, 7) is 3.84. The second-order valence-corrected chi connectivity index (χ2v) is 7.48. The Bertz CT molecular complexity index is 983. The lowest BCUT2D eigenvalue weighted by Gasteiger charge is -2.19. The maximum Gasteiger partial charge on any atom is 0.305 e. The van der Waals surface area contributed by atoms with E-state index in [9.17, 15) is 9.59 Å². The molecule has 0 unspecified atom stereocenters. The molecule has 1 aromatic heterocycles. The molecule has 3 aromatic rings. The monoisotopic (exact) mass is 420 g/mol. The van der Waals surface area contributed by atoms with Crippen LogP contribution < -0.4 is 5.32 Å². The normalized spacial score (nSPS) is 11.7.